The van der Waals surface area contributed by atoms with Crippen molar-refractivity contribution < 1.29 is 29.4 Å². The number of aliphatic carboxylic acids is 2. The Kier molecular flexibility index (Phi) is 11.5. The molecule has 0 aliphatic heterocycles. The zero-order valence-corrected chi connectivity index (χ0v) is 15.0. The molecule has 0 aromatic rings. The number of hydrogen-bond acceptors (Lipinski definition) is 7. The molecule has 0 heterocycles. The Hall–Kier alpha value is -1.26. The molecule has 0 aromatic carbocycles. The van der Waals surface area contributed by atoms with Crippen LogP contribution in [0, 0.1) is 0 Å². The molecule has 138 valence electrons. The van der Waals surface area contributed by atoms with Gasteiger partial charge in [0.1, 0.15) is 6.54 Å². The van der Waals surface area contributed by atoms with Crippen molar-refractivity contribution in [3.63, 3.8) is 0 Å². The van der Waals surface area contributed by atoms with Gasteiger partial charge in [-0.25, -0.2) is 0 Å². The summed E-state index contributed by atoms with van der Waals surface area (Å²) < 4.78 is 0. The lowest BCUT2D eigenvalue weighted by Crippen LogP contribution is -2.49. The van der Waals surface area contributed by atoms with Crippen molar-refractivity contribution in [3.8, 4) is 0 Å². The van der Waals surface area contributed by atoms with Crippen molar-refractivity contribution in [1.82, 2.24) is 4.90 Å². The molecule has 0 aliphatic rings. The molecule has 8 nitrogen and oxygen atoms in total. The summed E-state index contributed by atoms with van der Waals surface area (Å²) in [5.41, 5.74) is 5.43. The Labute approximate surface area is 151 Å². The third-order valence-electron chi connectivity index (χ3n) is 3.21. The first-order chi connectivity index (χ1) is 11.2. The number of nitrogens with two attached hydrogens (primary N) is 1. The van der Waals surface area contributed by atoms with Crippen molar-refractivity contribution >= 4 is 49.0 Å². The minimum Gasteiger partial charge on any atom is -0.481 e. The van der Waals surface area contributed by atoms with Crippen LogP contribution in [0.3, 0.4) is 0 Å². The van der Waals surface area contributed by atoms with Gasteiger partial charge in [0.05, 0.1) is 12.5 Å². The molecule has 2 unspecified atom stereocenters. The molecule has 2 atom stereocenters. The predicted octanol–water partition coefficient (Wildman–Crippen LogP) is 0.407. The van der Waals surface area contributed by atoms with Gasteiger partial charge in [-0.1, -0.05) is 6.42 Å². The van der Waals surface area contributed by atoms with Crippen molar-refractivity contribution in [2.75, 3.05) is 12.3 Å². The van der Waals surface area contributed by atoms with E-state index in [4.69, 9.17) is 15.9 Å². The van der Waals surface area contributed by atoms with Gasteiger partial charge in [0.2, 0.25) is 11.8 Å². The van der Waals surface area contributed by atoms with Crippen LogP contribution in [0.25, 0.3) is 0 Å². The molecule has 0 aliphatic carbocycles. The molecule has 0 radical (unpaired) electrons. The van der Waals surface area contributed by atoms with Gasteiger partial charge in [0.25, 0.3) is 0 Å². The van der Waals surface area contributed by atoms with Crippen LogP contribution in [0.5, 0.6) is 0 Å². The SMILES string of the molecule is NC(CC(=O)O)C(=O)N(CC(=O)O)C(=O)CCCCC(S)CCS. The normalized spacial score (nSPS) is 13.1. The van der Waals surface area contributed by atoms with E-state index in [1.165, 1.54) is 0 Å². The fourth-order valence-electron chi connectivity index (χ4n) is 1.98. The maximum Gasteiger partial charge on any atom is 0.323 e. The fourth-order valence-corrected chi connectivity index (χ4v) is 2.81. The fraction of sp³-hybridized carbons (Fsp3) is 0.714. The Morgan fingerprint density at radius 2 is 1.67 bits per heavy atom. The zero-order chi connectivity index (χ0) is 18.7. The smallest absolute Gasteiger partial charge is 0.323 e. The maximum atomic E-state index is 12.1. The first-order valence-electron chi connectivity index (χ1n) is 7.51. The zero-order valence-electron chi connectivity index (χ0n) is 13.3. The van der Waals surface area contributed by atoms with Crippen molar-refractivity contribution in [3.05, 3.63) is 0 Å². The lowest BCUT2D eigenvalue weighted by Gasteiger charge is -2.22. The van der Waals surface area contributed by atoms with Crippen LogP contribution in [-0.2, 0) is 19.2 Å². The van der Waals surface area contributed by atoms with Gasteiger partial charge in [0.15, 0.2) is 0 Å². The first-order valence-corrected chi connectivity index (χ1v) is 8.66. The van der Waals surface area contributed by atoms with E-state index >= 15 is 0 Å². The highest BCUT2D eigenvalue weighted by Gasteiger charge is 2.29. The second-order valence-electron chi connectivity index (χ2n) is 5.33. The van der Waals surface area contributed by atoms with Gasteiger partial charge in [-0.15, -0.1) is 0 Å². The van der Waals surface area contributed by atoms with Gasteiger partial charge < -0.3 is 15.9 Å². The predicted molar refractivity (Wildman–Crippen MR) is 94.3 cm³/mol. The number of carboxylic acids is 2. The molecule has 2 amide bonds. The van der Waals surface area contributed by atoms with E-state index in [2.05, 4.69) is 25.3 Å². The summed E-state index contributed by atoms with van der Waals surface area (Å²) in [5.74, 6) is -3.62. The minimum absolute atomic E-state index is 0.0137. The Bertz CT molecular complexity index is 461. The van der Waals surface area contributed by atoms with Crippen LogP contribution in [-0.4, -0.2) is 62.5 Å². The van der Waals surface area contributed by atoms with E-state index in [0.29, 0.717) is 17.7 Å². The van der Waals surface area contributed by atoms with Crippen molar-refractivity contribution in [1.29, 1.82) is 0 Å². The molecule has 0 rings (SSSR count). The standard InChI is InChI=1S/C14H24N2O6S2/c15-10(7-12(18)19)14(22)16(8-13(20)21)11(17)4-2-1-3-9(24)5-6-23/h9-10,23-24H,1-8,15H2,(H,18,19)(H,20,21). The number of hydrogen-bond donors (Lipinski definition) is 5. The van der Waals surface area contributed by atoms with Gasteiger partial charge in [-0.05, 0) is 25.0 Å². The number of amides is 2. The number of imide groups is 1. The molecule has 0 aromatic heterocycles. The first kappa shape index (κ1) is 22.7. The van der Waals surface area contributed by atoms with E-state index in [1.807, 2.05) is 0 Å². The van der Waals surface area contributed by atoms with Gasteiger partial charge >= 0.3 is 11.9 Å². The lowest BCUT2D eigenvalue weighted by molar-refractivity contribution is -0.154. The average molecular weight is 380 g/mol. The summed E-state index contributed by atoms with van der Waals surface area (Å²) >= 11 is 8.47. The Morgan fingerprint density at radius 3 is 2.17 bits per heavy atom. The van der Waals surface area contributed by atoms with Crippen LogP contribution in [0.1, 0.15) is 38.5 Å². The van der Waals surface area contributed by atoms with Crippen LogP contribution < -0.4 is 5.73 Å². The summed E-state index contributed by atoms with van der Waals surface area (Å²) in [6, 6.07) is -1.46. The summed E-state index contributed by atoms with van der Waals surface area (Å²) in [4.78, 5) is 46.0. The largest absolute Gasteiger partial charge is 0.481 e. The quantitative estimate of drug-likeness (QED) is 0.244. The second-order valence-corrected chi connectivity index (χ2v) is 6.51. The lowest BCUT2D eigenvalue weighted by atomic mass is 10.1. The summed E-state index contributed by atoms with van der Waals surface area (Å²) in [6.45, 7) is -0.834. The molecule has 0 spiro atoms. The number of rotatable bonds is 12. The molecular formula is C14H24N2O6S2. The minimum atomic E-state index is -1.46. The van der Waals surface area contributed by atoms with E-state index in [-0.39, 0.29) is 11.7 Å². The highest BCUT2D eigenvalue weighted by atomic mass is 32.1. The summed E-state index contributed by atoms with van der Waals surface area (Å²) in [6.07, 6.45) is 2.10. The van der Waals surface area contributed by atoms with E-state index in [9.17, 15) is 19.2 Å². The average Bonchev–Trinajstić information content (AvgIpc) is 2.47. The van der Waals surface area contributed by atoms with E-state index in [1.54, 1.807) is 0 Å². The number of unbranched alkanes of at least 4 members (excludes halogenated alkanes) is 1. The molecule has 0 bridgehead atoms. The molecule has 24 heavy (non-hydrogen) atoms. The van der Waals surface area contributed by atoms with Gasteiger partial charge in [0, 0.05) is 11.7 Å². The molecule has 0 saturated carbocycles. The van der Waals surface area contributed by atoms with Crippen molar-refractivity contribution in [2.45, 2.75) is 49.8 Å². The van der Waals surface area contributed by atoms with Crippen molar-refractivity contribution in [2.24, 2.45) is 5.73 Å². The molecule has 10 heteroatoms. The third-order valence-corrected chi connectivity index (χ3v) is 3.99. The van der Waals surface area contributed by atoms with Gasteiger partial charge in [-0.2, -0.15) is 25.3 Å². The van der Waals surface area contributed by atoms with E-state index in [0.717, 1.165) is 18.6 Å². The van der Waals surface area contributed by atoms with Crippen LogP contribution >= 0.6 is 25.3 Å². The number of thiol groups is 2. The topological polar surface area (TPSA) is 138 Å². The van der Waals surface area contributed by atoms with Gasteiger partial charge in [-0.3, -0.25) is 24.1 Å². The second kappa shape index (κ2) is 12.2. The third kappa shape index (κ3) is 9.78. The van der Waals surface area contributed by atoms with Crippen LogP contribution in [0.15, 0.2) is 0 Å². The number of carbonyl (C=O) groups excluding carboxylic acids is 2. The number of nitrogens with zero attached hydrogens (tertiary/aromatic N) is 1. The maximum absolute atomic E-state index is 12.1. The number of carbonyl (C=O) groups is 4. The van der Waals surface area contributed by atoms with E-state index < -0.39 is 42.8 Å². The van der Waals surface area contributed by atoms with Crippen LogP contribution in [0.4, 0.5) is 0 Å². The highest BCUT2D eigenvalue weighted by Crippen LogP contribution is 2.13. The Balaban J connectivity index is 4.58. The Morgan fingerprint density at radius 1 is 1.04 bits per heavy atom. The van der Waals surface area contributed by atoms with Crippen LogP contribution in [0.2, 0.25) is 0 Å². The monoisotopic (exact) mass is 380 g/mol. The summed E-state index contributed by atoms with van der Waals surface area (Å²) in [5, 5.41) is 17.6. The molecule has 0 saturated heterocycles. The number of carboxylic acid groups (broad SMARTS) is 2. The molecular weight excluding hydrogens is 356 g/mol. The molecule has 0 fully saturated rings. The highest BCUT2D eigenvalue weighted by molar-refractivity contribution is 7.81. The summed E-state index contributed by atoms with van der Waals surface area (Å²) in [7, 11) is 0. The molecule has 4 N–H and O–H groups in total.